The van der Waals surface area contributed by atoms with E-state index in [9.17, 15) is 0 Å². The maximum Gasteiger partial charge on any atom is 0.213 e. The molecule has 3 rings (SSSR count). The molecule has 3 aromatic rings. The molecule has 24 heavy (non-hydrogen) atoms. The minimum absolute atomic E-state index is 0.498. The van der Waals surface area contributed by atoms with Gasteiger partial charge in [-0.1, -0.05) is 0 Å². The minimum Gasteiger partial charge on any atom is -0.492 e. The predicted molar refractivity (Wildman–Crippen MR) is 92.6 cm³/mol. The Balaban J connectivity index is 1.94. The standard InChI is InChI=1S/C18H20N4O2/c1-13-11-21-22(15-5-8-17(23-2)20-12-15)18(13)14-3-6-16(7-4-14)24-10-9-19/h3-8,11-12H,9-10,19H2,1-2H3. The van der Waals surface area contributed by atoms with Gasteiger partial charge in [-0.05, 0) is 42.8 Å². The molecule has 0 saturated carbocycles. The lowest BCUT2D eigenvalue weighted by molar-refractivity contribution is 0.328. The van der Waals surface area contributed by atoms with Crippen LogP contribution in [0.4, 0.5) is 0 Å². The molecular weight excluding hydrogens is 304 g/mol. The van der Waals surface area contributed by atoms with Crippen LogP contribution in [-0.2, 0) is 0 Å². The average Bonchev–Trinajstić information content (AvgIpc) is 3.02. The highest BCUT2D eigenvalue weighted by molar-refractivity contribution is 5.66. The van der Waals surface area contributed by atoms with Crippen LogP contribution in [0.15, 0.2) is 48.8 Å². The fourth-order valence-electron chi connectivity index (χ4n) is 2.48. The summed E-state index contributed by atoms with van der Waals surface area (Å²) in [7, 11) is 1.60. The number of methoxy groups -OCH3 is 1. The van der Waals surface area contributed by atoms with Crippen molar-refractivity contribution in [3.63, 3.8) is 0 Å². The molecule has 0 amide bonds. The van der Waals surface area contributed by atoms with Gasteiger partial charge in [0.15, 0.2) is 0 Å². The summed E-state index contributed by atoms with van der Waals surface area (Å²) in [4.78, 5) is 4.25. The number of hydrogen-bond acceptors (Lipinski definition) is 5. The van der Waals surface area contributed by atoms with Crippen molar-refractivity contribution in [2.24, 2.45) is 5.73 Å². The number of benzene rings is 1. The molecule has 0 bridgehead atoms. The molecule has 0 spiro atoms. The number of rotatable bonds is 6. The van der Waals surface area contributed by atoms with Crippen molar-refractivity contribution in [1.29, 1.82) is 0 Å². The van der Waals surface area contributed by atoms with E-state index >= 15 is 0 Å². The summed E-state index contributed by atoms with van der Waals surface area (Å²) in [5.41, 5.74) is 9.50. The Morgan fingerprint density at radius 3 is 2.50 bits per heavy atom. The van der Waals surface area contributed by atoms with Gasteiger partial charge >= 0.3 is 0 Å². The third kappa shape index (κ3) is 3.23. The molecule has 0 aliphatic carbocycles. The van der Waals surface area contributed by atoms with E-state index in [0.29, 0.717) is 19.0 Å². The molecule has 6 nitrogen and oxygen atoms in total. The highest BCUT2D eigenvalue weighted by atomic mass is 16.5. The summed E-state index contributed by atoms with van der Waals surface area (Å²) in [5, 5.41) is 4.48. The second-order valence-corrected chi connectivity index (χ2v) is 5.31. The molecule has 0 unspecified atom stereocenters. The second-order valence-electron chi connectivity index (χ2n) is 5.31. The van der Waals surface area contributed by atoms with Gasteiger partial charge in [-0.3, -0.25) is 0 Å². The highest BCUT2D eigenvalue weighted by Crippen LogP contribution is 2.28. The molecule has 2 heterocycles. The van der Waals surface area contributed by atoms with Crippen molar-refractivity contribution in [1.82, 2.24) is 14.8 Å². The molecule has 0 atom stereocenters. The van der Waals surface area contributed by atoms with Gasteiger partial charge in [-0.15, -0.1) is 0 Å². The van der Waals surface area contributed by atoms with E-state index in [2.05, 4.69) is 10.1 Å². The topological polar surface area (TPSA) is 75.2 Å². The van der Waals surface area contributed by atoms with E-state index in [1.807, 2.05) is 54.2 Å². The Labute approximate surface area is 140 Å². The van der Waals surface area contributed by atoms with Crippen molar-refractivity contribution < 1.29 is 9.47 Å². The van der Waals surface area contributed by atoms with Gasteiger partial charge in [0, 0.05) is 18.2 Å². The van der Waals surface area contributed by atoms with Crippen LogP contribution >= 0.6 is 0 Å². The molecule has 0 saturated heterocycles. The molecule has 2 aromatic heterocycles. The highest BCUT2D eigenvalue weighted by Gasteiger charge is 2.12. The van der Waals surface area contributed by atoms with Crippen LogP contribution in [-0.4, -0.2) is 35.0 Å². The number of aromatic nitrogens is 3. The molecule has 2 N–H and O–H groups in total. The van der Waals surface area contributed by atoms with Gasteiger partial charge < -0.3 is 15.2 Å². The third-order valence-corrected chi connectivity index (χ3v) is 3.64. The van der Waals surface area contributed by atoms with Crippen LogP contribution < -0.4 is 15.2 Å². The molecule has 124 valence electrons. The molecule has 0 aliphatic heterocycles. The molecule has 0 radical (unpaired) electrons. The van der Waals surface area contributed by atoms with Gasteiger partial charge in [-0.2, -0.15) is 5.10 Å². The molecule has 0 fully saturated rings. The van der Waals surface area contributed by atoms with Crippen molar-refractivity contribution in [2.45, 2.75) is 6.92 Å². The first-order valence-electron chi connectivity index (χ1n) is 7.71. The van der Waals surface area contributed by atoms with E-state index in [1.54, 1.807) is 13.3 Å². The van der Waals surface area contributed by atoms with Crippen molar-refractivity contribution in [3.8, 4) is 28.6 Å². The van der Waals surface area contributed by atoms with Crippen LogP contribution in [0.25, 0.3) is 16.9 Å². The Kier molecular flexibility index (Phi) is 4.77. The minimum atomic E-state index is 0.498. The number of pyridine rings is 1. The van der Waals surface area contributed by atoms with Crippen molar-refractivity contribution in [2.75, 3.05) is 20.3 Å². The average molecular weight is 324 g/mol. The van der Waals surface area contributed by atoms with Gasteiger partial charge in [0.25, 0.3) is 0 Å². The van der Waals surface area contributed by atoms with Crippen LogP contribution in [0.5, 0.6) is 11.6 Å². The summed E-state index contributed by atoms with van der Waals surface area (Å²) in [5.74, 6) is 1.38. The molecule has 0 aliphatic rings. The molecule has 1 aromatic carbocycles. The SMILES string of the molecule is COc1ccc(-n2ncc(C)c2-c2ccc(OCCN)cc2)cn1. The Hall–Kier alpha value is -2.86. The first-order chi connectivity index (χ1) is 11.7. The van der Waals surface area contributed by atoms with Gasteiger partial charge in [0.2, 0.25) is 5.88 Å². The smallest absolute Gasteiger partial charge is 0.213 e. The zero-order valence-electron chi connectivity index (χ0n) is 13.8. The summed E-state index contributed by atoms with van der Waals surface area (Å²) < 4.78 is 12.5. The largest absolute Gasteiger partial charge is 0.492 e. The van der Waals surface area contributed by atoms with Gasteiger partial charge in [0.1, 0.15) is 12.4 Å². The van der Waals surface area contributed by atoms with Gasteiger partial charge in [-0.25, -0.2) is 9.67 Å². The number of aryl methyl sites for hydroxylation is 1. The van der Waals surface area contributed by atoms with E-state index < -0.39 is 0 Å². The zero-order valence-corrected chi connectivity index (χ0v) is 13.8. The Morgan fingerprint density at radius 1 is 1.08 bits per heavy atom. The normalized spacial score (nSPS) is 10.6. The lowest BCUT2D eigenvalue weighted by atomic mass is 10.1. The summed E-state index contributed by atoms with van der Waals surface area (Å²) in [6.07, 6.45) is 3.59. The first-order valence-corrected chi connectivity index (χ1v) is 7.71. The predicted octanol–water partition coefficient (Wildman–Crippen LogP) is 2.59. The maximum atomic E-state index is 5.53. The van der Waals surface area contributed by atoms with Crippen LogP contribution in [0.2, 0.25) is 0 Å². The lowest BCUT2D eigenvalue weighted by Crippen LogP contribution is -2.10. The van der Waals surface area contributed by atoms with Crippen LogP contribution in [0.1, 0.15) is 5.56 Å². The number of ether oxygens (including phenoxy) is 2. The Bertz CT molecular complexity index is 795. The fourth-order valence-corrected chi connectivity index (χ4v) is 2.48. The molecular formula is C18H20N4O2. The Morgan fingerprint density at radius 2 is 1.88 bits per heavy atom. The maximum absolute atomic E-state index is 5.53. The van der Waals surface area contributed by atoms with Crippen molar-refractivity contribution >= 4 is 0 Å². The van der Waals surface area contributed by atoms with Crippen LogP contribution in [0.3, 0.4) is 0 Å². The fraction of sp³-hybridized carbons (Fsp3) is 0.222. The number of nitrogens with two attached hydrogens (primary N) is 1. The summed E-state index contributed by atoms with van der Waals surface area (Å²) >= 11 is 0. The second kappa shape index (κ2) is 7.14. The van der Waals surface area contributed by atoms with E-state index in [1.165, 1.54) is 0 Å². The van der Waals surface area contributed by atoms with Crippen LogP contribution in [0, 0.1) is 6.92 Å². The van der Waals surface area contributed by atoms with Crippen molar-refractivity contribution in [3.05, 3.63) is 54.4 Å². The zero-order chi connectivity index (χ0) is 16.9. The number of hydrogen-bond donors (Lipinski definition) is 1. The first kappa shape index (κ1) is 16.0. The van der Waals surface area contributed by atoms with E-state index in [4.69, 9.17) is 15.2 Å². The lowest BCUT2D eigenvalue weighted by Gasteiger charge is -2.10. The monoisotopic (exact) mass is 324 g/mol. The quantitative estimate of drug-likeness (QED) is 0.754. The summed E-state index contributed by atoms with van der Waals surface area (Å²) in [6.45, 7) is 3.04. The molecule has 6 heteroatoms. The number of nitrogens with zero attached hydrogens (tertiary/aromatic N) is 3. The third-order valence-electron chi connectivity index (χ3n) is 3.64. The summed E-state index contributed by atoms with van der Waals surface area (Å²) in [6, 6.07) is 11.7. The van der Waals surface area contributed by atoms with E-state index in [0.717, 1.165) is 28.3 Å². The van der Waals surface area contributed by atoms with E-state index in [-0.39, 0.29) is 0 Å². The van der Waals surface area contributed by atoms with Gasteiger partial charge in [0.05, 0.1) is 30.9 Å².